The summed E-state index contributed by atoms with van der Waals surface area (Å²) in [5.74, 6) is 1.49. The summed E-state index contributed by atoms with van der Waals surface area (Å²) in [6, 6.07) is 8.27. The summed E-state index contributed by atoms with van der Waals surface area (Å²) in [5.41, 5.74) is 2.25. The molecule has 0 heterocycles. The molecule has 2 unspecified atom stereocenters. The Balaban J connectivity index is 2.08. The van der Waals surface area contributed by atoms with Crippen LogP contribution in [0.5, 0.6) is 11.5 Å². The summed E-state index contributed by atoms with van der Waals surface area (Å²) in [4.78, 5) is 0. The number of halogens is 6. The van der Waals surface area contributed by atoms with Crippen molar-refractivity contribution in [3.8, 4) is 11.5 Å². The number of rotatable bonds is 16. The van der Waals surface area contributed by atoms with Crippen LogP contribution in [0, 0.1) is 0 Å². The van der Waals surface area contributed by atoms with Gasteiger partial charge in [-0.15, -0.1) is 13.2 Å². The van der Waals surface area contributed by atoms with Crippen LogP contribution in [-0.4, -0.2) is 49.3 Å². The van der Waals surface area contributed by atoms with Crippen molar-refractivity contribution in [2.24, 2.45) is 0 Å². The number of hydrogen-bond donors (Lipinski definition) is 0. The van der Waals surface area contributed by atoms with Crippen LogP contribution in [-0.2, 0) is 15.9 Å². The van der Waals surface area contributed by atoms with Crippen LogP contribution < -0.4 is 9.47 Å². The second-order valence-corrected chi connectivity index (χ2v) is 12.1. The Morgan fingerprint density at radius 1 is 0.657 bits per heavy atom. The summed E-state index contributed by atoms with van der Waals surface area (Å²) in [7, 11) is 0. The molecular formula is C25H26Br6O4. The molecule has 0 aromatic heterocycles. The van der Waals surface area contributed by atoms with Crippen molar-refractivity contribution in [1.29, 1.82) is 0 Å². The summed E-state index contributed by atoms with van der Waals surface area (Å²) in [6.45, 7) is 9.18. The SMILES string of the molecule is C=CCOC(CBr)COc1c(Br)cc(Cc2cc(Br)c(OCC(CBr)OCC=C)c(Br)c2)cc1Br. The Morgan fingerprint density at radius 3 is 1.29 bits per heavy atom. The first-order chi connectivity index (χ1) is 16.8. The first-order valence-electron chi connectivity index (χ1n) is 10.6. The van der Waals surface area contributed by atoms with Gasteiger partial charge in [-0.05, 0) is 106 Å². The lowest BCUT2D eigenvalue weighted by Gasteiger charge is -2.18. The number of benzene rings is 2. The van der Waals surface area contributed by atoms with Crippen LogP contribution in [0.25, 0.3) is 0 Å². The molecule has 0 radical (unpaired) electrons. The van der Waals surface area contributed by atoms with E-state index in [1.807, 2.05) is 0 Å². The standard InChI is InChI=1S/C25H26Br6O4/c1-3-5-32-18(12-26)14-34-24-20(28)8-16(9-21(24)29)7-17-10-22(30)25(23(31)11-17)35-15-19(13-27)33-6-4-2/h3-4,8-11,18-19H,1-2,5-7,12-15H2. The van der Waals surface area contributed by atoms with E-state index in [4.69, 9.17) is 18.9 Å². The second-order valence-electron chi connectivity index (χ2n) is 7.37. The maximum atomic E-state index is 6.02. The quantitative estimate of drug-likeness (QED) is 0.125. The van der Waals surface area contributed by atoms with Gasteiger partial charge in [0.1, 0.15) is 36.9 Å². The molecule has 0 bridgehead atoms. The van der Waals surface area contributed by atoms with Crippen molar-refractivity contribution in [1.82, 2.24) is 0 Å². The normalized spacial score (nSPS) is 12.7. The fourth-order valence-electron chi connectivity index (χ4n) is 2.98. The first kappa shape index (κ1) is 31.5. The van der Waals surface area contributed by atoms with E-state index < -0.39 is 0 Å². The van der Waals surface area contributed by atoms with Crippen LogP contribution in [0.3, 0.4) is 0 Å². The Labute approximate surface area is 258 Å². The third-order valence-corrected chi connectivity index (χ3v) is 8.40. The molecular weight excluding hydrogens is 844 g/mol. The van der Waals surface area contributed by atoms with E-state index in [2.05, 4.69) is 133 Å². The molecule has 2 aromatic carbocycles. The molecule has 192 valence electrons. The van der Waals surface area contributed by atoms with Crippen molar-refractivity contribution < 1.29 is 18.9 Å². The molecule has 0 saturated heterocycles. The molecule has 4 nitrogen and oxygen atoms in total. The van der Waals surface area contributed by atoms with Gasteiger partial charge in [-0.3, -0.25) is 0 Å². The minimum absolute atomic E-state index is 0.0692. The van der Waals surface area contributed by atoms with E-state index >= 15 is 0 Å². The molecule has 35 heavy (non-hydrogen) atoms. The lowest BCUT2D eigenvalue weighted by atomic mass is 10.0. The summed E-state index contributed by atoms with van der Waals surface area (Å²) >= 11 is 21.5. The van der Waals surface area contributed by atoms with E-state index in [9.17, 15) is 0 Å². The Kier molecular flexibility index (Phi) is 15.3. The van der Waals surface area contributed by atoms with E-state index in [1.54, 1.807) is 12.2 Å². The Bertz CT molecular complexity index is 861. The van der Waals surface area contributed by atoms with Gasteiger partial charge in [0.25, 0.3) is 0 Å². The lowest BCUT2D eigenvalue weighted by molar-refractivity contribution is 0.0529. The van der Waals surface area contributed by atoms with E-state index in [1.165, 1.54) is 0 Å². The van der Waals surface area contributed by atoms with E-state index in [0.29, 0.717) is 37.1 Å². The van der Waals surface area contributed by atoms with Crippen molar-refractivity contribution >= 4 is 95.6 Å². The molecule has 0 aliphatic heterocycles. The monoisotopic (exact) mass is 864 g/mol. The summed E-state index contributed by atoms with van der Waals surface area (Å²) in [5, 5.41) is 1.35. The average molecular weight is 870 g/mol. The van der Waals surface area contributed by atoms with Crippen LogP contribution >= 0.6 is 95.6 Å². The molecule has 2 rings (SSSR count). The third kappa shape index (κ3) is 10.5. The average Bonchev–Trinajstić information content (AvgIpc) is 2.81. The van der Waals surface area contributed by atoms with Crippen molar-refractivity contribution in [2.75, 3.05) is 37.1 Å². The van der Waals surface area contributed by atoms with Crippen molar-refractivity contribution in [3.05, 3.63) is 78.6 Å². The third-order valence-electron chi connectivity index (χ3n) is 4.60. The molecule has 0 amide bonds. The summed E-state index contributed by atoms with van der Waals surface area (Å²) < 4.78 is 26.9. The highest BCUT2D eigenvalue weighted by atomic mass is 79.9. The second kappa shape index (κ2) is 17.0. The highest BCUT2D eigenvalue weighted by Gasteiger charge is 2.16. The molecule has 0 fully saturated rings. The molecule has 2 aromatic rings. The largest absolute Gasteiger partial charge is 0.488 e. The fourth-order valence-corrected chi connectivity index (χ4v) is 6.74. The zero-order chi connectivity index (χ0) is 25.8. The van der Waals surface area contributed by atoms with Gasteiger partial charge in [0.15, 0.2) is 0 Å². The van der Waals surface area contributed by atoms with Gasteiger partial charge in [-0.1, -0.05) is 44.0 Å². The van der Waals surface area contributed by atoms with Gasteiger partial charge < -0.3 is 18.9 Å². The van der Waals surface area contributed by atoms with E-state index in [-0.39, 0.29) is 12.2 Å². The van der Waals surface area contributed by atoms with Crippen LogP contribution in [0.4, 0.5) is 0 Å². The minimum Gasteiger partial charge on any atom is -0.488 e. The molecule has 0 spiro atoms. The highest BCUT2D eigenvalue weighted by Crippen LogP contribution is 2.38. The molecule has 0 aliphatic carbocycles. The maximum absolute atomic E-state index is 6.02. The molecule has 10 heteroatoms. The predicted molar refractivity (Wildman–Crippen MR) is 165 cm³/mol. The van der Waals surface area contributed by atoms with Gasteiger partial charge in [-0.2, -0.15) is 0 Å². The first-order valence-corrected chi connectivity index (χ1v) is 16.0. The Hall–Kier alpha value is 0.320. The maximum Gasteiger partial charge on any atom is 0.147 e. The Morgan fingerprint density at radius 2 is 1.00 bits per heavy atom. The van der Waals surface area contributed by atoms with Crippen molar-refractivity contribution in [3.63, 3.8) is 0 Å². The fraction of sp³-hybridized carbons (Fsp3) is 0.360. The molecule has 2 atom stereocenters. The summed E-state index contributed by atoms with van der Waals surface area (Å²) in [6.07, 6.45) is 4.04. The van der Waals surface area contributed by atoms with Crippen LogP contribution in [0.2, 0.25) is 0 Å². The molecule has 0 aliphatic rings. The van der Waals surface area contributed by atoms with Gasteiger partial charge >= 0.3 is 0 Å². The molecule has 0 saturated carbocycles. The number of hydrogen-bond acceptors (Lipinski definition) is 4. The van der Waals surface area contributed by atoms with Crippen molar-refractivity contribution in [2.45, 2.75) is 18.6 Å². The zero-order valence-electron chi connectivity index (χ0n) is 18.9. The number of alkyl halides is 2. The number of ether oxygens (including phenoxy) is 4. The van der Waals surface area contributed by atoms with Crippen LogP contribution in [0.15, 0.2) is 67.5 Å². The van der Waals surface area contributed by atoms with Gasteiger partial charge in [0.05, 0.1) is 31.1 Å². The van der Waals surface area contributed by atoms with Gasteiger partial charge in [0.2, 0.25) is 0 Å². The smallest absolute Gasteiger partial charge is 0.147 e. The predicted octanol–water partition coefficient (Wildman–Crippen LogP) is 9.02. The highest BCUT2D eigenvalue weighted by molar-refractivity contribution is 9.11. The van der Waals surface area contributed by atoms with E-state index in [0.717, 1.165) is 46.9 Å². The van der Waals surface area contributed by atoms with Crippen LogP contribution in [0.1, 0.15) is 11.1 Å². The topological polar surface area (TPSA) is 36.9 Å². The molecule has 0 N–H and O–H groups in total. The van der Waals surface area contributed by atoms with Gasteiger partial charge in [-0.25, -0.2) is 0 Å². The zero-order valence-corrected chi connectivity index (χ0v) is 28.4. The van der Waals surface area contributed by atoms with Gasteiger partial charge in [0, 0.05) is 10.7 Å². The minimum atomic E-state index is -0.0692. The lowest BCUT2D eigenvalue weighted by Crippen LogP contribution is -2.23.